The Labute approximate surface area is 106 Å². The Kier molecular flexibility index (Phi) is 3.65. The maximum absolute atomic E-state index is 11.9. The van der Waals surface area contributed by atoms with Crippen molar-refractivity contribution in [2.24, 2.45) is 0 Å². The van der Waals surface area contributed by atoms with Gasteiger partial charge in [0.25, 0.3) is 0 Å². The van der Waals surface area contributed by atoms with Gasteiger partial charge in [-0.1, -0.05) is 0 Å². The molecule has 0 atom stereocenters. The van der Waals surface area contributed by atoms with Gasteiger partial charge < -0.3 is 5.32 Å². The van der Waals surface area contributed by atoms with Gasteiger partial charge in [0.05, 0.1) is 0 Å². The van der Waals surface area contributed by atoms with Crippen LogP contribution >= 0.6 is 11.8 Å². The number of nitrogens with one attached hydrogen (secondary N) is 1. The van der Waals surface area contributed by atoms with E-state index in [1.807, 2.05) is 19.1 Å². The van der Waals surface area contributed by atoms with Crippen LogP contribution in [0, 0.1) is 6.92 Å². The number of aryl methyl sites for hydroxylation is 1. The van der Waals surface area contributed by atoms with Crippen LogP contribution in [0.15, 0.2) is 18.3 Å². The Morgan fingerprint density at radius 2 is 2.22 bits per heavy atom. The van der Waals surface area contributed by atoms with Crippen LogP contribution in [0.5, 0.6) is 0 Å². The summed E-state index contributed by atoms with van der Waals surface area (Å²) in [7, 11) is 0. The average molecular weight is 276 g/mol. The topological polar surface area (TPSA) is 42.2 Å². The summed E-state index contributed by atoms with van der Waals surface area (Å²) in [4.78, 5) is 4.16. The fraction of sp³-hybridized carbons (Fsp3) is 0.400. The van der Waals surface area contributed by atoms with Crippen LogP contribution in [0.4, 0.5) is 19.1 Å². The molecular weight excluding hydrogens is 265 g/mol. The van der Waals surface area contributed by atoms with Crippen molar-refractivity contribution >= 4 is 23.4 Å². The van der Waals surface area contributed by atoms with Crippen molar-refractivity contribution < 1.29 is 13.2 Å². The van der Waals surface area contributed by atoms with Crippen molar-refractivity contribution in [3.63, 3.8) is 0 Å². The van der Waals surface area contributed by atoms with E-state index in [2.05, 4.69) is 15.4 Å². The highest BCUT2D eigenvalue weighted by Crippen LogP contribution is 2.29. The molecule has 0 bridgehead atoms. The SMILES string of the molecule is Cc1ccn2nc(NCCSC(F)(F)F)nc2c1. The maximum atomic E-state index is 11.9. The molecule has 0 radical (unpaired) electrons. The number of fused-ring (bicyclic) bond motifs is 1. The third-order valence-corrected chi connectivity index (χ3v) is 2.88. The molecule has 0 fully saturated rings. The molecule has 4 nitrogen and oxygen atoms in total. The number of anilines is 1. The number of nitrogens with zero attached hydrogens (tertiary/aromatic N) is 3. The predicted octanol–water partition coefficient (Wildman–Crippen LogP) is 2.70. The third-order valence-electron chi connectivity index (χ3n) is 2.14. The van der Waals surface area contributed by atoms with Crippen LogP contribution in [0.25, 0.3) is 5.65 Å². The Balaban J connectivity index is 1.92. The number of hydrogen-bond donors (Lipinski definition) is 1. The number of aromatic nitrogens is 3. The molecule has 0 aliphatic carbocycles. The zero-order valence-corrected chi connectivity index (χ0v) is 10.3. The number of thioether (sulfide) groups is 1. The number of pyridine rings is 1. The van der Waals surface area contributed by atoms with Crippen molar-refractivity contribution in [3.8, 4) is 0 Å². The monoisotopic (exact) mass is 276 g/mol. The van der Waals surface area contributed by atoms with Gasteiger partial charge >= 0.3 is 5.51 Å². The summed E-state index contributed by atoms with van der Waals surface area (Å²) in [5.41, 5.74) is -2.47. The highest BCUT2D eigenvalue weighted by atomic mass is 32.2. The quantitative estimate of drug-likeness (QED) is 0.872. The van der Waals surface area contributed by atoms with Gasteiger partial charge in [-0.3, -0.25) is 0 Å². The molecule has 0 saturated carbocycles. The Morgan fingerprint density at radius 1 is 1.44 bits per heavy atom. The molecule has 0 amide bonds. The predicted molar refractivity (Wildman–Crippen MR) is 64.7 cm³/mol. The van der Waals surface area contributed by atoms with Crippen molar-refractivity contribution in [1.29, 1.82) is 0 Å². The fourth-order valence-electron chi connectivity index (χ4n) is 1.39. The molecule has 1 N–H and O–H groups in total. The maximum Gasteiger partial charge on any atom is 0.441 e. The molecule has 2 aromatic rings. The largest absolute Gasteiger partial charge is 0.441 e. The summed E-state index contributed by atoms with van der Waals surface area (Å²) < 4.78 is 37.3. The van der Waals surface area contributed by atoms with E-state index in [1.165, 1.54) is 0 Å². The molecule has 8 heteroatoms. The standard InChI is InChI=1S/C10H11F3N4S/c1-7-2-4-17-8(6-7)15-9(16-17)14-3-5-18-10(11,12)13/h2,4,6H,3,5H2,1H3,(H,14,16). The van der Waals surface area contributed by atoms with E-state index < -0.39 is 5.51 Å². The summed E-state index contributed by atoms with van der Waals surface area (Å²) in [5, 5.41) is 6.85. The van der Waals surface area contributed by atoms with E-state index in [0.717, 1.165) is 5.56 Å². The van der Waals surface area contributed by atoms with Gasteiger partial charge in [0, 0.05) is 18.5 Å². The van der Waals surface area contributed by atoms with Crippen LogP contribution in [0.2, 0.25) is 0 Å². The van der Waals surface area contributed by atoms with Crippen LogP contribution in [-0.2, 0) is 0 Å². The van der Waals surface area contributed by atoms with Gasteiger partial charge in [-0.25, -0.2) is 4.52 Å². The van der Waals surface area contributed by atoms with Gasteiger partial charge in [-0.05, 0) is 36.4 Å². The van der Waals surface area contributed by atoms with Gasteiger partial charge in [0.15, 0.2) is 5.65 Å². The lowest BCUT2D eigenvalue weighted by molar-refractivity contribution is -0.0327. The molecule has 18 heavy (non-hydrogen) atoms. The summed E-state index contributed by atoms with van der Waals surface area (Å²) in [6.45, 7) is 2.10. The van der Waals surface area contributed by atoms with Crippen LogP contribution in [0.1, 0.15) is 5.56 Å². The molecule has 0 aliphatic rings. The lowest BCUT2D eigenvalue weighted by atomic mass is 10.3. The molecule has 2 heterocycles. The minimum Gasteiger partial charge on any atom is -0.352 e. The van der Waals surface area contributed by atoms with E-state index in [0.29, 0.717) is 11.6 Å². The highest BCUT2D eigenvalue weighted by Gasteiger charge is 2.27. The molecule has 0 aliphatic heterocycles. The van der Waals surface area contributed by atoms with Gasteiger partial charge in [-0.15, -0.1) is 5.10 Å². The summed E-state index contributed by atoms with van der Waals surface area (Å²) in [5.74, 6) is 0.265. The average Bonchev–Trinajstić information content (AvgIpc) is 2.65. The van der Waals surface area contributed by atoms with Crippen LogP contribution < -0.4 is 5.32 Å². The molecule has 0 spiro atoms. The lowest BCUT2D eigenvalue weighted by Gasteiger charge is -2.04. The second-order valence-corrected chi connectivity index (χ2v) is 4.82. The van der Waals surface area contributed by atoms with Crippen molar-refractivity contribution in [2.45, 2.75) is 12.4 Å². The number of halogens is 3. The van der Waals surface area contributed by atoms with E-state index in [-0.39, 0.29) is 24.1 Å². The summed E-state index contributed by atoms with van der Waals surface area (Å²) in [6, 6.07) is 3.73. The Bertz CT molecular complexity index is 537. The third kappa shape index (κ3) is 3.52. The minimum absolute atomic E-state index is 0.0627. The van der Waals surface area contributed by atoms with E-state index in [4.69, 9.17) is 0 Å². The molecule has 0 aromatic carbocycles. The first kappa shape index (κ1) is 13.0. The molecule has 98 valence electrons. The first-order chi connectivity index (χ1) is 8.44. The fourth-order valence-corrected chi connectivity index (χ4v) is 1.82. The Hall–Kier alpha value is -1.44. The van der Waals surface area contributed by atoms with Crippen molar-refractivity contribution in [2.75, 3.05) is 17.6 Å². The smallest absolute Gasteiger partial charge is 0.352 e. The molecule has 2 aromatic heterocycles. The van der Waals surface area contributed by atoms with Gasteiger partial charge in [0.2, 0.25) is 5.95 Å². The highest BCUT2D eigenvalue weighted by molar-refractivity contribution is 8.00. The van der Waals surface area contributed by atoms with E-state index in [1.54, 1.807) is 10.7 Å². The number of alkyl halides is 3. The van der Waals surface area contributed by atoms with Gasteiger partial charge in [0.1, 0.15) is 0 Å². The molecule has 2 rings (SSSR count). The van der Waals surface area contributed by atoms with E-state index >= 15 is 0 Å². The molecular formula is C10H11F3N4S. The second kappa shape index (κ2) is 5.05. The summed E-state index contributed by atoms with van der Waals surface area (Å²) in [6.07, 6.45) is 1.76. The minimum atomic E-state index is -4.19. The van der Waals surface area contributed by atoms with Crippen LogP contribution in [0.3, 0.4) is 0 Å². The van der Waals surface area contributed by atoms with E-state index in [9.17, 15) is 13.2 Å². The molecule has 0 saturated heterocycles. The number of rotatable bonds is 4. The van der Waals surface area contributed by atoms with Crippen LogP contribution in [-0.4, -0.2) is 32.4 Å². The Morgan fingerprint density at radius 3 is 2.94 bits per heavy atom. The molecule has 0 unspecified atom stereocenters. The first-order valence-corrected chi connectivity index (χ1v) is 6.20. The zero-order chi connectivity index (χ0) is 13.2. The first-order valence-electron chi connectivity index (χ1n) is 5.22. The van der Waals surface area contributed by atoms with Crippen molar-refractivity contribution in [1.82, 2.24) is 14.6 Å². The lowest BCUT2D eigenvalue weighted by Crippen LogP contribution is -2.10. The number of hydrogen-bond acceptors (Lipinski definition) is 4. The van der Waals surface area contributed by atoms with Crippen molar-refractivity contribution in [3.05, 3.63) is 23.9 Å². The normalized spacial score (nSPS) is 12.0. The summed E-state index contributed by atoms with van der Waals surface area (Å²) >= 11 is -0.0627. The second-order valence-electron chi connectivity index (χ2n) is 3.66. The zero-order valence-electron chi connectivity index (χ0n) is 9.53. The van der Waals surface area contributed by atoms with Gasteiger partial charge in [-0.2, -0.15) is 18.2 Å².